The number of morpholine rings is 1. The van der Waals surface area contributed by atoms with E-state index in [4.69, 9.17) is 9.47 Å². The second-order valence-corrected chi connectivity index (χ2v) is 4.46. The topological polar surface area (TPSA) is 21.7 Å². The molecule has 0 amide bonds. The van der Waals surface area contributed by atoms with Gasteiger partial charge in [0, 0.05) is 19.6 Å². The molecule has 1 aliphatic heterocycles. The molecule has 0 saturated carbocycles. The van der Waals surface area contributed by atoms with Gasteiger partial charge in [0.15, 0.2) is 0 Å². The molecule has 0 aromatic heterocycles. The summed E-state index contributed by atoms with van der Waals surface area (Å²) in [5.41, 5.74) is 1.18. The highest BCUT2D eigenvalue weighted by Crippen LogP contribution is 2.15. The molecule has 19 heavy (non-hydrogen) atoms. The van der Waals surface area contributed by atoms with Crippen molar-refractivity contribution in [3.8, 4) is 5.75 Å². The van der Waals surface area contributed by atoms with Crippen molar-refractivity contribution in [1.29, 1.82) is 0 Å². The van der Waals surface area contributed by atoms with Crippen molar-refractivity contribution in [2.24, 2.45) is 0 Å². The van der Waals surface area contributed by atoms with Gasteiger partial charge in [0.05, 0.1) is 13.2 Å². The minimum atomic E-state index is 0. The summed E-state index contributed by atoms with van der Waals surface area (Å²) in [5.74, 6) is 0.966. The summed E-state index contributed by atoms with van der Waals surface area (Å²) < 4.78 is 11.0. The van der Waals surface area contributed by atoms with Gasteiger partial charge in [-0.15, -0.1) is 12.4 Å². The Kier molecular flexibility index (Phi) is 7.56. The standard InChI is InChI=1S/C15H21NO2.ClH/c1-14-6-2-3-7-15(14)18-11-5-4-8-16-9-12-17-13-10-16;/h2-7H,8-13H2,1H3;1H/b5-4+;. The molecule has 0 atom stereocenters. The minimum absolute atomic E-state index is 0. The molecule has 4 heteroatoms. The van der Waals surface area contributed by atoms with Crippen LogP contribution in [0.5, 0.6) is 5.75 Å². The van der Waals surface area contributed by atoms with E-state index in [9.17, 15) is 0 Å². The molecule has 0 spiro atoms. The fraction of sp³-hybridized carbons (Fsp3) is 0.467. The van der Waals surface area contributed by atoms with E-state index in [1.54, 1.807) is 0 Å². The van der Waals surface area contributed by atoms with Crippen LogP contribution in [0.1, 0.15) is 5.56 Å². The lowest BCUT2D eigenvalue weighted by Gasteiger charge is -2.25. The first kappa shape index (κ1) is 16.0. The minimum Gasteiger partial charge on any atom is -0.489 e. The summed E-state index contributed by atoms with van der Waals surface area (Å²) in [4.78, 5) is 2.38. The largest absolute Gasteiger partial charge is 0.489 e. The fourth-order valence-corrected chi connectivity index (χ4v) is 1.93. The van der Waals surface area contributed by atoms with Crippen molar-refractivity contribution in [2.75, 3.05) is 39.5 Å². The molecule has 1 fully saturated rings. The van der Waals surface area contributed by atoms with Crippen LogP contribution in [0, 0.1) is 6.92 Å². The van der Waals surface area contributed by atoms with Crippen molar-refractivity contribution in [3.05, 3.63) is 42.0 Å². The molecule has 0 unspecified atom stereocenters. The number of rotatable bonds is 5. The Morgan fingerprint density at radius 3 is 2.68 bits per heavy atom. The monoisotopic (exact) mass is 283 g/mol. The Morgan fingerprint density at radius 1 is 1.21 bits per heavy atom. The van der Waals surface area contributed by atoms with Crippen LogP contribution in [0.2, 0.25) is 0 Å². The van der Waals surface area contributed by atoms with Gasteiger partial charge in [0.1, 0.15) is 12.4 Å². The first-order valence-corrected chi connectivity index (χ1v) is 6.50. The maximum Gasteiger partial charge on any atom is 0.122 e. The summed E-state index contributed by atoms with van der Waals surface area (Å²) in [6, 6.07) is 8.09. The molecule has 0 aliphatic carbocycles. The van der Waals surface area contributed by atoms with Crippen LogP contribution in [0.25, 0.3) is 0 Å². The number of para-hydroxylation sites is 1. The van der Waals surface area contributed by atoms with Gasteiger partial charge in [0.25, 0.3) is 0 Å². The Balaban J connectivity index is 0.00000180. The summed E-state index contributed by atoms with van der Waals surface area (Å²) in [7, 11) is 0. The third-order valence-electron chi connectivity index (χ3n) is 3.06. The van der Waals surface area contributed by atoms with Gasteiger partial charge < -0.3 is 9.47 Å². The van der Waals surface area contributed by atoms with Crippen molar-refractivity contribution in [1.82, 2.24) is 4.90 Å². The molecule has 0 bridgehead atoms. The van der Waals surface area contributed by atoms with Gasteiger partial charge in [-0.05, 0) is 18.6 Å². The van der Waals surface area contributed by atoms with Gasteiger partial charge in [-0.1, -0.05) is 30.4 Å². The SMILES string of the molecule is Cc1ccccc1OC/C=C/CN1CCOCC1.Cl. The average molecular weight is 284 g/mol. The first-order chi connectivity index (χ1) is 8.86. The van der Waals surface area contributed by atoms with Crippen LogP contribution in [-0.2, 0) is 4.74 Å². The average Bonchev–Trinajstić information content (AvgIpc) is 2.42. The fourth-order valence-electron chi connectivity index (χ4n) is 1.93. The number of halogens is 1. The Hall–Kier alpha value is -1.03. The van der Waals surface area contributed by atoms with Crippen molar-refractivity contribution >= 4 is 12.4 Å². The highest BCUT2D eigenvalue weighted by atomic mass is 35.5. The molecule has 1 aliphatic rings. The van der Waals surface area contributed by atoms with Gasteiger partial charge in [-0.2, -0.15) is 0 Å². The molecule has 2 rings (SSSR count). The first-order valence-electron chi connectivity index (χ1n) is 6.50. The summed E-state index contributed by atoms with van der Waals surface area (Å²) in [6.07, 6.45) is 4.26. The second-order valence-electron chi connectivity index (χ2n) is 4.46. The van der Waals surface area contributed by atoms with Crippen LogP contribution in [0.15, 0.2) is 36.4 Å². The molecule has 1 aromatic carbocycles. The summed E-state index contributed by atoms with van der Waals surface area (Å²) in [5, 5.41) is 0. The normalized spacial score (nSPS) is 16.3. The van der Waals surface area contributed by atoms with E-state index >= 15 is 0 Å². The number of ether oxygens (including phenoxy) is 2. The van der Waals surface area contributed by atoms with Gasteiger partial charge in [0.2, 0.25) is 0 Å². The molecule has 0 radical (unpaired) electrons. The van der Waals surface area contributed by atoms with Crippen molar-refractivity contribution in [2.45, 2.75) is 6.92 Å². The van der Waals surface area contributed by atoms with Crippen molar-refractivity contribution < 1.29 is 9.47 Å². The zero-order chi connectivity index (χ0) is 12.6. The number of hydrogen-bond acceptors (Lipinski definition) is 3. The lowest BCUT2D eigenvalue weighted by atomic mass is 10.2. The number of nitrogens with zero attached hydrogens (tertiary/aromatic N) is 1. The maximum absolute atomic E-state index is 5.70. The molecule has 1 aromatic rings. The third kappa shape index (κ3) is 5.64. The van der Waals surface area contributed by atoms with Crippen LogP contribution in [0.3, 0.4) is 0 Å². The molecule has 106 valence electrons. The Morgan fingerprint density at radius 2 is 1.95 bits per heavy atom. The summed E-state index contributed by atoms with van der Waals surface area (Å²) >= 11 is 0. The van der Waals surface area contributed by atoms with Crippen LogP contribution >= 0.6 is 12.4 Å². The quantitative estimate of drug-likeness (QED) is 0.776. The van der Waals surface area contributed by atoms with Crippen molar-refractivity contribution in [3.63, 3.8) is 0 Å². The molecule has 0 N–H and O–H groups in total. The van der Waals surface area contributed by atoms with Crippen LogP contribution in [-0.4, -0.2) is 44.4 Å². The van der Waals surface area contributed by atoms with Gasteiger partial charge in [-0.3, -0.25) is 4.90 Å². The number of hydrogen-bond donors (Lipinski definition) is 0. The predicted molar refractivity (Wildman–Crippen MR) is 80.3 cm³/mol. The third-order valence-corrected chi connectivity index (χ3v) is 3.06. The van der Waals surface area contributed by atoms with E-state index in [-0.39, 0.29) is 12.4 Å². The Bertz CT molecular complexity index is 389. The molecule has 1 saturated heterocycles. The van der Waals surface area contributed by atoms with Gasteiger partial charge >= 0.3 is 0 Å². The van der Waals surface area contributed by atoms with Crippen LogP contribution < -0.4 is 4.74 Å². The lowest BCUT2D eigenvalue weighted by Crippen LogP contribution is -2.36. The van der Waals surface area contributed by atoms with Gasteiger partial charge in [-0.25, -0.2) is 0 Å². The number of benzene rings is 1. The predicted octanol–water partition coefficient (Wildman–Crippen LogP) is 2.68. The maximum atomic E-state index is 5.70. The molecular formula is C15H22ClNO2. The molecule has 1 heterocycles. The zero-order valence-electron chi connectivity index (χ0n) is 11.4. The van der Waals surface area contributed by atoms with E-state index in [1.807, 2.05) is 18.2 Å². The molecule has 3 nitrogen and oxygen atoms in total. The highest BCUT2D eigenvalue weighted by molar-refractivity contribution is 5.85. The molecular weight excluding hydrogens is 262 g/mol. The second kappa shape index (κ2) is 8.97. The highest BCUT2D eigenvalue weighted by Gasteiger charge is 2.07. The van der Waals surface area contributed by atoms with E-state index in [1.165, 1.54) is 5.56 Å². The number of aryl methyl sites for hydroxylation is 1. The summed E-state index contributed by atoms with van der Waals surface area (Å²) in [6.45, 7) is 7.45. The van der Waals surface area contributed by atoms with Crippen LogP contribution in [0.4, 0.5) is 0 Å². The zero-order valence-corrected chi connectivity index (χ0v) is 12.2. The van der Waals surface area contributed by atoms with E-state index in [2.05, 4.69) is 30.0 Å². The Labute approximate surface area is 121 Å². The van der Waals surface area contributed by atoms with E-state index < -0.39 is 0 Å². The lowest BCUT2D eigenvalue weighted by molar-refractivity contribution is 0.0434. The van der Waals surface area contributed by atoms with E-state index in [0.717, 1.165) is 38.6 Å². The van der Waals surface area contributed by atoms with E-state index in [0.29, 0.717) is 6.61 Å². The smallest absolute Gasteiger partial charge is 0.122 e.